The van der Waals surface area contributed by atoms with Crippen molar-refractivity contribution in [2.75, 3.05) is 39.5 Å². The maximum absolute atomic E-state index is 13.9. The maximum atomic E-state index is 13.9. The van der Waals surface area contributed by atoms with E-state index in [9.17, 15) is 24.3 Å². The van der Waals surface area contributed by atoms with Crippen molar-refractivity contribution in [3.8, 4) is 10.4 Å². The first-order valence-electron chi connectivity index (χ1n) is 16.8. The molecule has 50 heavy (non-hydrogen) atoms. The molecule has 4 atom stereocenters. The van der Waals surface area contributed by atoms with Crippen LogP contribution < -0.4 is 16.0 Å². The van der Waals surface area contributed by atoms with Crippen LogP contribution in [0.15, 0.2) is 54.2 Å². The molecule has 0 bridgehead atoms. The van der Waals surface area contributed by atoms with Crippen molar-refractivity contribution in [1.29, 1.82) is 0 Å². The third kappa shape index (κ3) is 10.9. The predicted octanol–water partition coefficient (Wildman–Crippen LogP) is 3.04. The number of aliphatic hydroxyl groups is 1. The summed E-state index contributed by atoms with van der Waals surface area (Å²) in [7, 11) is 0. The fourth-order valence-electron chi connectivity index (χ4n) is 5.56. The molecule has 0 saturated carbocycles. The molecular weight excluding hydrogens is 660 g/mol. The van der Waals surface area contributed by atoms with E-state index in [1.807, 2.05) is 64.4 Å². The van der Waals surface area contributed by atoms with Crippen molar-refractivity contribution >= 4 is 35.0 Å². The van der Waals surface area contributed by atoms with Gasteiger partial charge in [-0.15, -0.1) is 11.3 Å². The van der Waals surface area contributed by atoms with Gasteiger partial charge in [0.1, 0.15) is 17.8 Å². The Morgan fingerprint density at radius 2 is 1.72 bits per heavy atom. The summed E-state index contributed by atoms with van der Waals surface area (Å²) < 4.78 is 11.0. The van der Waals surface area contributed by atoms with Gasteiger partial charge in [-0.2, -0.15) is 0 Å². The largest absolute Gasteiger partial charge is 0.391 e. The maximum Gasteiger partial charge on any atom is 0.269 e. The molecule has 1 aromatic carbocycles. The van der Waals surface area contributed by atoms with Crippen LogP contribution in [0.2, 0.25) is 0 Å². The van der Waals surface area contributed by atoms with E-state index in [-0.39, 0.29) is 63.0 Å². The number of likely N-dealkylation sites (tertiary alicyclic amines) is 1. The summed E-state index contributed by atoms with van der Waals surface area (Å²) in [4.78, 5) is 63.0. The summed E-state index contributed by atoms with van der Waals surface area (Å²) in [5.41, 5.74) is 4.39. The molecule has 4 amide bonds. The van der Waals surface area contributed by atoms with Gasteiger partial charge in [0.15, 0.2) is 0 Å². The molecular formula is C36H48N6O7S. The Hall–Kier alpha value is -4.24. The minimum absolute atomic E-state index is 0.00736. The van der Waals surface area contributed by atoms with Crippen molar-refractivity contribution in [3.05, 3.63) is 71.1 Å². The number of aliphatic hydroxyl groups excluding tert-OH is 1. The van der Waals surface area contributed by atoms with Gasteiger partial charge >= 0.3 is 0 Å². The number of carbonyl (C=O) groups excluding carboxylic acids is 4. The molecule has 4 rings (SSSR count). The fraction of sp³-hybridized carbons (Fsp3) is 0.500. The van der Waals surface area contributed by atoms with Crippen LogP contribution in [-0.4, -0.2) is 101 Å². The molecule has 270 valence electrons. The average Bonchev–Trinajstić information content (AvgIpc) is 3.71. The van der Waals surface area contributed by atoms with Crippen LogP contribution in [0.25, 0.3) is 10.4 Å². The monoisotopic (exact) mass is 708 g/mol. The number of pyridine rings is 1. The molecule has 4 N–H and O–H groups in total. The van der Waals surface area contributed by atoms with Gasteiger partial charge in [-0.1, -0.05) is 51.1 Å². The van der Waals surface area contributed by atoms with E-state index >= 15 is 0 Å². The second-order valence-electron chi connectivity index (χ2n) is 13.3. The summed E-state index contributed by atoms with van der Waals surface area (Å²) >= 11 is 1.57. The number of aryl methyl sites for hydroxylation is 1. The van der Waals surface area contributed by atoms with Crippen LogP contribution in [0.4, 0.5) is 0 Å². The lowest BCUT2D eigenvalue weighted by Crippen LogP contribution is -2.58. The Morgan fingerprint density at radius 3 is 2.36 bits per heavy atom. The lowest BCUT2D eigenvalue weighted by molar-refractivity contribution is -0.144. The number of rotatable bonds is 16. The van der Waals surface area contributed by atoms with Gasteiger partial charge in [-0.05, 0) is 42.5 Å². The summed E-state index contributed by atoms with van der Waals surface area (Å²) in [5.74, 6) is -1.44. The minimum Gasteiger partial charge on any atom is -0.391 e. The van der Waals surface area contributed by atoms with Crippen LogP contribution >= 0.6 is 11.3 Å². The second-order valence-corrected chi connectivity index (χ2v) is 14.2. The third-order valence-corrected chi connectivity index (χ3v) is 9.31. The smallest absolute Gasteiger partial charge is 0.269 e. The van der Waals surface area contributed by atoms with Gasteiger partial charge in [0.2, 0.25) is 17.7 Å². The first kappa shape index (κ1) is 38.6. The standard InChI is InChI=1S/C36H48N6O7S/c1-23(25-9-11-26(12-10-25)31-24(2)39-22-50-31)40-34(46)29-20-27(43)21-42(29)35(47)32(36(3,4)5)41-30(44)13-16-48-18-19-49-17-15-38-33(45)28-8-6-7-14-37-28/h6-12,14,22-23,27,29,32,43H,13,15-21H2,1-5H3,(H,38,45)(H,40,46)(H,41,44)/t23-,27+,29-,32+/m0/s1. The molecule has 1 aliphatic rings. The minimum atomic E-state index is -0.930. The number of β-amino-alcohol motifs (C(OH)–C–C–N with tert-alkyl or cyclic N) is 1. The van der Waals surface area contributed by atoms with Crippen LogP contribution in [0, 0.1) is 12.3 Å². The SMILES string of the molecule is Cc1ncsc1-c1ccc([C@H](C)NC(=O)[C@@H]2C[C@@H](O)CN2C(=O)[C@@H](NC(=O)CCOCCOCCNC(=O)c2ccccn2)C(C)(C)C)cc1. The molecule has 13 nitrogen and oxygen atoms in total. The molecule has 1 fully saturated rings. The molecule has 14 heteroatoms. The van der Waals surface area contributed by atoms with Crippen LogP contribution in [0.3, 0.4) is 0 Å². The third-order valence-electron chi connectivity index (χ3n) is 8.34. The highest BCUT2D eigenvalue weighted by molar-refractivity contribution is 7.13. The Bertz CT molecular complexity index is 1580. The number of nitrogens with zero attached hydrogens (tertiary/aromatic N) is 3. The van der Waals surface area contributed by atoms with Gasteiger partial charge in [0.05, 0.1) is 54.7 Å². The van der Waals surface area contributed by atoms with Crippen molar-refractivity contribution in [2.45, 2.75) is 71.7 Å². The molecule has 0 spiro atoms. The first-order valence-corrected chi connectivity index (χ1v) is 17.7. The van der Waals surface area contributed by atoms with Crippen molar-refractivity contribution < 1.29 is 33.8 Å². The topological polar surface area (TPSA) is 172 Å². The van der Waals surface area contributed by atoms with Gasteiger partial charge in [-0.3, -0.25) is 24.2 Å². The Balaban J connectivity index is 1.22. The normalized spacial score (nSPS) is 17.2. The highest BCUT2D eigenvalue weighted by Gasteiger charge is 2.44. The van der Waals surface area contributed by atoms with Gasteiger partial charge in [-0.25, -0.2) is 4.98 Å². The van der Waals surface area contributed by atoms with Gasteiger partial charge in [0.25, 0.3) is 5.91 Å². The summed E-state index contributed by atoms with van der Waals surface area (Å²) in [5, 5.41) is 19.1. The van der Waals surface area contributed by atoms with E-state index in [0.717, 1.165) is 21.7 Å². The number of hydrogen-bond acceptors (Lipinski definition) is 10. The van der Waals surface area contributed by atoms with E-state index in [1.54, 1.807) is 35.7 Å². The fourth-order valence-corrected chi connectivity index (χ4v) is 6.37. The highest BCUT2D eigenvalue weighted by Crippen LogP contribution is 2.29. The van der Waals surface area contributed by atoms with E-state index in [1.165, 1.54) is 4.90 Å². The number of benzene rings is 1. The molecule has 3 heterocycles. The molecule has 1 saturated heterocycles. The number of nitrogens with one attached hydrogen (secondary N) is 3. The number of ether oxygens (including phenoxy) is 2. The number of aromatic nitrogens is 2. The van der Waals surface area contributed by atoms with Crippen LogP contribution in [0.5, 0.6) is 0 Å². The van der Waals surface area contributed by atoms with Crippen LogP contribution in [0.1, 0.15) is 68.3 Å². The molecule has 0 unspecified atom stereocenters. The Labute approximate surface area is 297 Å². The first-order chi connectivity index (χ1) is 23.8. The number of thiazole rings is 1. The summed E-state index contributed by atoms with van der Waals surface area (Å²) in [6.45, 7) is 10.6. The zero-order chi connectivity index (χ0) is 36.3. The molecule has 0 radical (unpaired) electrons. The average molecular weight is 709 g/mol. The van der Waals surface area contributed by atoms with E-state index < -0.39 is 29.5 Å². The van der Waals surface area contributed by atoms with E-state index in [2.05, 4.69) is 25.9 Å². The van der Waals surface area contributed by atoms with Crippen molar-refractivity contribution in [3.63, 3.8) is 0 Å². The molecule has 3 aromatic rings. The van der Waals surface area contributed by atoms with Crippen molar-refractivity contribution in [2.24, 2.45) is 5.41 Å². The number of hydrogen-bond donors (Lipinski definition) is 4. The molecule has 2 aromatic heterocycles. The number of carbonyl (C=O) groups is 4. The molecule has 1 aliphatic heterocycles. The van der Waals surface area contributed by atoms with E-state index in [0.29, 0.717) is 18.8 Å². The zero-order valence-corrected chi connectivity index (χ0v) is 30.1. The van der Waals surface area contributed by atoms with Gasteiger partial charge < -0.3 is 35.4 Å². The predicted molar refractivity (Wildman–Crippen MR) is 189 cm³/mol. The highest BCUT2D eigenvalue weighted by atomic mass is 32.1. The lowest BCUT2D eigenvalue weighted by Gasteiger charge is -2.35. The van der Waals surface area contributed by atoms with E-state index in [4.69, 9.17) is 9.47 Å². The molecule has 0 aliphatic carbocycles. The quantitative estimate of drug-likeness (QED) is 0.163. The Kier molecular flexibility index (Phi) is 14.0. The summed E-state index contributed by atoms with van der Waals surface area (Å²) in [6.07, 6.45) is 0.807. The number of amides is 4. The second kappa shape index (κ2) is 18.1. The zero-order valence-electron chi connectivity index (χ0n) is 29.3. The lowest BCUT2D eigenvalue weighted by atomic mass is 9.85. The van der Waals surface area contributed by atoms with Gasteiger partial charge in [0, 0.05) is 32.1 Å². The summed E-state index contributed by atoms with van der Waals surface area (Å²) in [6, 6.07) is 10.9. The van der Waals surface area contributed by atoms with Crippen molar-refractivity contribution in [1.82, 2.24) is 30.8 Å². The Morgan fingerprint density at radius 1 is 1.00 bits per heavy atom. The van der Waals surface area contributed by atoms with Crippen LogP contribution in [-0.2, 0) is 23.9 Å².